The van der Waals surface area contributed by atoms with Gasteiger partial charge >= 0.3 is 12.1 Å². The maximum absolute atomic E-state index is 13.4. The van der Waals surface area contributed by atoms with Gasteiger partial charge in [0.05, 0.1) is 6.42 Å². The largest absolute Gasteiger partial charge is 0.481 e. The topological polar surface area (TPSA) is 105 Å². The van der Waals surface area contributed by atoms with Crippen molar-refractivity contribution in [3.63, 3.8) is 0 Å². The zero-order chi connectivity index (χ0) is 24.5. The number of amides is 2. The molecular weight excluding hydrogens is 446 g/mol. The number of carbonyl (C=O) groups excluding carboxylic acids is 2. The molecule has 7 nitrogen and oxygen atoms in total. The first-order valence-electron chi connectivity index (χ1n) is 11.2. The molecule has 0 fully saturated rings. The van der Waals surface area contributed by atoms with Gasteiger partial charge < -0.3 is 20.5 Å². The summed E-state index contributed by atoms with van der Waals surface area (Å²) in [6.07, 6.45) is -2.87. The fourth-order valence-electron chi connectivity index (χ4n) is 4.07. The van der Waals surface area contributed by atoms with Crippen molar-refractivity contribution in [2.45, 2.75) is 50.5 Å². The lowest BCUT2D eigenvalue weighted by Crippen LogP contribution is -2.44. The molecular formula is C25H28F2N2O5. The number of fused-ring (bicyclic) bond motifs is 3. The van der Waals surface area contributed by atoms with E-state index in [0.29, 0.717) is 19.3 Å². The molecule has 1 aliphatic carbocycles. The number of alkyl halides is 2. The number of rotatable bonds is 12. The molecule has 0 radical (unpaired) electrons. The standard InChI is InChI=1S/C25H28F2N2O5/c26-24(27)21(14-22(30)28-13-7-1-2-12-23(31)32)29-25(33)34-15-20-18-10-5-3-8-16(18)17-9-4-6-11-19(17)20/h3-6,8-11,20-21,24H,1-2,7,12-15H2,(H,28,30)(H,29,33)(H,31,32). The van der Waals surface area contributed by atoms with Gasteiger partial charge in [0, 0.05) is 18.9 Å². The first kappa shape index (κ1) is 25.1. The van der Waals surface area contributed by atoms with Crippen LogP contribution < -0.4 is 10.6 Å². The number of alkyl carbamates (subject to hydrolysis) is 1. The average molecular weight is 475 g/mol. The number of carbonyl (C=O) groups is 3. The van der Waals surface area contributed by atoms with Crippen LogP contribution in [0, 0.1) is 0 Å². The predicted octanol–water partition coefficient (Wildman–Crippen LogP) is 4.31. The van der Waals surface area contributed by atoms with Gasteiger partial charge in [0.1, 0.15) is 12.6 Å². The van der Waals surface area contributed by atoms with Crippen LogP contribution in [-0.2, 0) is 14.3 Å². The van der Waals surface area contributed by atoms with Gasteiger partial charge in [0.2, 0.25) is 5.91 Å². The highest BCUT2D eigenvalue weighted by Gasteiger charge is 2.30. The molecule has 0 bridgehead atoms. The Morgan fingerprint density at radius 3 is 2.15 bits per heavy atom. The van der Waals surface area contributed by atoms with Crippen LogP contribution in [0.1, 0.15) is 49.1 Å². The molecule has 2 aromatic carbocycles. The molecule has 0 saturated heterocycles. The molecule has 3 N–H and O–H groups in total. The summed E-state index contributed by atoms with van der Waals surface area (Å²) in [7, 11) is 0. The molecule has 1 atom stereocenters. The van der Waals surface area contributed by atoms with Gasteiger partial charge in [-0.05, 0) is 35.1 Å². The van der Waals surface area contributed by atoms with Crippen molar-refractivity contribution in [3.8, 4) is 11.1 Å². The summed E-state index contributed by atoms with van der Waals surface area (Å²) >= 11 is 0. The molecule has 0 heterocycles. The van der Waals surface area contributed by atoms with Crippen LogP contribution in [0.2, 0.25) is 0 Å². The number of aliphatic carboxylic acids is 1. The highest BCUT2D eigenvalue weighted by molar-refractivity contribution is 5.79. The second-order valence-corrected chi connectivity index (χ2v) is 8.17. The van der Waals surface area contributed by atoms with Crippen LogP contribution in [0.25, 0.3) is 11.1 Å². The van der Waals surface area contributed by atoms with Crippen LogP contribution in [0.5, 0.6) is 0 Å². The zero-order valence-corrected chi connectivity index (χ0v) is 18.6. The van der Waals surface area contributed by atoms with Gasteiger partial charge in [-0.25, -0.2) is 13.6 Å². The van der Waals surface area contributed by atoms with Gasteiger partial charge in [0.15, 0.2) is 0 Å². The van der Waals surface area contributed by atoms with Gasteiger partial charge in [-0.15, -0.1) is 0 Å². The normalized spacial score (nSPS) is 13.1. The molecule has 0 aromatic heterocycles. The van der Waals surface area contributed by atoms with Crippen molar-refractivity contribution in [1.82, 2.24) is 10.6 Å². The quantitative estimate of drug-likeness (QED) is 0.398. The lowest BCUT2D eigenvalue weighted by atomic mass is 9.98. The second kappa shape index (κ2) is 12.1. The fourth-order valence-corrected chi connectivity index (χ4v) is 4.07. The molecule has 0 aliphatic heterocycles. The van der Waals surface area contributed by atoms with Crippen LogP contribution in [0.15, 0.2) is 48.5 Å². The van der Waals surface area contributed by atoms with Crippen LogP contribution in [0.3, 0.4) is 0 Å². The van der Waals surface area contributed by atoms with Crippen LogP contribution in [-0.4, -0.2) is 48.7 Å². The van der Waals surface area contributed by atoms with Crippen molar-refractivity contribution < 1.29 is 33.0 Å². The molecule has 0 saturated carbocycles. The number of halogens is 2. The number of ether oxygens (including phenoxy) is 1. The van der Waals surface area contributed by atoms with E-state index in [2.05, 4.69) is 10.6 Å². The molecule has 2 aromatic rings. The number of benzene rings is 2. The third-order valence-electron chi connectivity index (χ3n) is 5.75. The number of carboxylic acid groups (broad SMARTS) is 1. The molecule has 2 amide bonds. The van der Waals surface area contributed by atoms with E-state index in [0.717, 1.165) is 22.3 Å². The first-order chi connectivity index (χ1) is 16.4. The Bertz CT molecular complexity index is 969. The van der Waals surface area contributed by atoms with Crippen molar-refractivity contribution in [1.29, 1.82) is 0 Å². The molecule has 34 heavy (non-hydrogen) atoms. The Labute approximate surface area is 196 Å². The summed E-state index contributed by atoms with van der Waals surface area (Å²) in [5, 5.41) is 13.2. The lowest BCUT2D eigenvalue weighted by Gasteiger charge is -2.19. The smallest absolute Gasteiger partial charge is 0.407 e. The number of unbranched alkanes of at least 4 members (excludes halogenated alkanes) is 2. The summed E-state index contributed by atoms with van der Waals surface area (Å²) in [6, 6.07) is 13.9. The highest BCUT2D eigenvalue weighted by Crippen LogP contribution is 2.44. The summed E-state index contributed by atoms with van der Waals surface area (Å²) < 4.78 is 32.1. The van der Waals surface area contributed by atoms with E-state index in [1.165, 1.54) is 0 Å². The SMILES string of the molecule is O=C(O)CCCCCNC(=O)CC(NC(=O)OCC1c2ccccc2-c2ccccc21)C(F)F. The van der Waals surface area contributed by atoms with E-state index in [9.17, 15) is 23.2 Å². The molecule has 3 rings (SSSR count). The first-order valence-corrected chi connectivity index (χ1v) is 11.2. The summed E-state index contributed by atoms with van der Waals surface area (Å²) in [5.41, 5.74) is 4.11. The van der Waals surface area contributed by atoms with Crippen LogP contribution >= 0.6 is 0 Å². The van der Waals surface area contributed by atoms with Gasteiger partial charge in [0.25, 0.3) is 6.43 Å². The van der Waals surface area contributed by atoms with Gasteiger partial charge in [-0.2, -0.15) is 0 Å². The van der Waals surface area contributed by atoms with E-state index in [4.69, 9.17) is 9.84 Å². The Balaban J connectivity index is 1.47. The monoisotopic (exact) mass is 474 g/mol. The predicted molar refractivity (Wildman–Crippen MR) is 122 cm³/mol. The maximum atomic E-state index is 13.4. The average Bonchev–Trinajstić information content (AvgIpc) is 3.13. The second-order valence-electron chi connectivity index (χ2n) is 8.17. The zero-order valence-electron chi connectivity index (χ0n) is 18.6. The molecule has 9 heteroatoms. The number of carboxylic acids is 1. The van der Waals surface area contributed by atoms with Crippen LogP contribution in [0.4, 0.5) is 13.6 Å². The Hall–Kier alpha value is -3.49. The summed E-state index contributed by atoms with van der Waals surface area (Å²) in [5.74, 6) is -1.71. The van der Waals surface area contributed by atoms with E-state index >= 15 is 0 Å². The molecule has 0 spiro atoms. The number of nitrogens with one attached hydrogen (secondary N) is 2. The van der Waals surface area contributed by atoms with Crippen molar-refractivity contribution >= 4 is 18.0 Å². The minimum Gasteiger partial charge on any atom is -0.481 e. The molecule has 1 unspecified atom stereocenters. The fraction of sp³-hybridized carbons (Fsp3) is 0.400. The third kappa shape index (κ3) is 6.76. The minimum absolute atomic E-state index is 0.0155. The molecule has 1 aliphatic rings. The Kier molecular flexibility index (Phi) is 8.95. The van der Waals surface area contributed by atoms with E-state index < -0.39 is 36.9 Å². The number of hydrogen-bond acceptors (Lipinski definition) is 4. The van der Waals surface area contributed by atoms with E-state index in [1.54, 1.807) is 0 Å². The lowest BCUT2D eigenvalue weighted by molar-refractivity contribution is -0.137. The van der Waals surface area contributed by atoms with Gasteiger partial charge in [-0.3, -0.25) is 9.59 Å². The van der Waals surface area contributed by atoms with E-state index in [1.807, 2.05) is 48.5 Å². The molecule has 182 valence electrons. The van der Waals surface area contributed by atoms with Crippen molar-refractivity contribution in [3.05, 3.63) is 59.7 Å². The van der Waals surface area contributed by atoms with Gasteiger partial charge in [-0.1, -0.05) is 55.0 Å². The highest BCUT2D eigenvalue weighted by atomic mass is 19.3. The summed E-state index contributed by atoms with van der Waals surface area (Å²) in [6.45, 7) is 0.234. The minimum atomic E-state index is -2.94. The van der Waals surface area contributed by atoms with Crippen molar-refractivity contribution in [2.75, 3.05) is 13.2 Å². The maximum Gasteiger partial charge on any atom is 0.407 e. The Morgan fingerprint density at radius 2 is 1.56 bits per heavy atom. The summed E-state index contributed by atoms with van der Waals surface area (Å²) in [4.78, 5) is 34.7. The third-order valence-corrected chi connectivity index (χ3v) is 5.75. The van der Waals surface area contributed by atoms with E-state index in [-0.39, 0.29) is 25.5 Å². The Morgan fingerprint density at radius 1 is 0.941 bits per heavy atom. The van der Waals surface area contributed by atoms with Crippen molar-refractivity contribution in [2.24, 2.45) is 0 Å². The number of hydrogen-bond donors (Lipinski definition) is 3.